The van der Waals surface area contributed by atoms with Crippen LogP contribution in [-0.4, -0.2) is 24.7 Å². The SMILES string of the molecule is Clc1cc(NCC2CCOC2)c2ncccc2c1. The maximum absolute atomic E-state index is 6.13. The molecule has 1 fully saturated rings. The molecule has 4 heteroatoms. The number of rotatable bonds is 3. The standard InChI is InChI=1S/C14H15ClN2O/c15-12-6-11-2-1-4-16-14(11)13(7-12)17-8-10-3-5-18-9-10/h1-2,4,6-7,10,17H,3,5,8-9H2. The zero-order valence-electron chi connectivity index (χ0n) is 10.0. The number of nitrogens with one attached hydrogen (secondary N) is 1. The van der Waals surface area contributed by atoms with Crippen LogP contribution in [0.5, 0.6) is 0 Å². The molecular formula is C14H15ClN2O. The van der Waals surface area contributed by atoms with Crippen LogP contribution in [0.3, 0.4) is 0 Å². The highest BCUT2D eigenvalue weighted by Crippen LogP contribution is 2.26. The van der Waals surface area contributed by atoms with E-state index in [4.69, 9.17) is 16.3 Å². The third-order valence-corrected chi connectivity index (χ3v) is 3.49. The van der Waals surface area contributed by atoms with E-state index < -0.39 is 0 Å². The molecule has 1 N–H and O–H groups in total. The van der Waals surface area contributed by atoms with E-state index in [0.717, 1.165) is 47.8 Å². The summed E-state index contributed by atoms with van der Waals surface area (Å²) in [7, 11) is 0. The van der Waals surface area contributed by atoms with Gasteiger partial charge in [-0.2, -0.15) is 0 Å². The van der Waals surface area contributed by atoms with Crippen molar-refractivity contribution in [1.29, 1.82) is 0 Å². The van der Waals surface area contributed by atoms with Crippen LogP contribution in [0.2, 0.25) is 5.02 Å². The number of hydrogen-bond donors (Lipinski definition) is 1. The third kappa shape index (κ3) is 2.42. The van der Waals surface area contributed by atoms with Crippen molar-refractivity contribution in [3.63, 3.8) is 0 Å². The molecule has 1 saturated heterocycles. The molecule has 0 amide bonds. The number of fused-ring (bicyclic) bond motifs is 1. The topological polar surface area (TPSA) is 34.1 Å². The second kappa shape index (κ2) is 5.12. The zero-order valence-corrected chi connectivity index (χ0v) is 10.8. The van der Waals surface area contributed by atoms with Crippen molar-refractivity contribution in [2.45, 2.75) is 6.42 Å². The van der Waals surface area contributed by atoms with Crippen LogP contribution in [0.25, 0.3) is 10.9 Å². The Morgan fingerprint density at radius 1 is 1.44 bits per heavy atom. The van der Waals surface area contributed by atoms with Crippen molar-refractivity contribution < 1.29 is 4.74 Å². The normalized spacial score (nSPS) is 19.3. The highest BCUT2D eigenvalue weighted by atomic mass is 35.5. The van der Waals surface area contributed by atoms with Crippen LogP contribution in [0.4, 0.5) is 5.69 Å². The fourth-order valence-electron chi connectivity index (χ4n) is 2.29. The summed E-state index contributed by atoms with van der Waals surface area (Å²) in [6.07, 6.45) is 2.93. The molecule has 2 aromatic rings. The lowest BCUT2D eigenvalue weighted by atomic mass is 10.1. The van der Waals surface area contributed by atoms with Gasteiger partial charge >= 0.3 is 0 Å². The van der Waals surface area contributed by atoms with E-state index in [-0.39, 0.29) is 0 Å². The van der Waals surface area contributed by atoms with Crippen LogP contribution in [0.1, 0.15) is 6.42 Å². The van der Waals surface area contributed by atoms with Crippen molar-refractivity contribution >= 4 is 28.2 Å². The first kappa shape index (κ1) is 11.8. The average molecular weight is 263 g/mol. The number of ether oxygens (including phenoxy) is 1. The maximum Gasteiger partial charge on any atom is 0.0934 e. The number of aromatic nitrogens is 1. The van der Waals surface area contributed by atoms with Gasteiger partial charge in [-0.25, -0.2) is 0 Å². The Bertz CT molecular complexity index is 552. The first-order chi connectivity index (χ1) is 8.83. The fraction of sp³-hybridized carbons (Fsp3) is 0.357. The Balaban J connectivity index is 1.85. The molecule has 1 atom stereocenters. The highest BCUT2D eigenvalue weighted by molar-refractivity contribution is 6.31. The quantitative estimate of drug-likeness (QED) is 0.921. The average Bonchev–Trinajstić information content (AvgIpc) is 2.89. The second-order valence-corrected chi connectivity index (χ2v) is 5.08. The molecule has 1 unspecified atom stereocenters. The Morgan fingerprint density at radius 3 is 3.22 bits per heavy atom. The summed E-state index contributed by atoms with van der Waals surface area (Å²) < 4.78 is 5.38. The van der Waals surface area contributed by atoms with Gasteiger partial charge in [-0.05, 0) is 24.6 Å². The highest BCUT2D eigenvalue weighted by Gasteiger charge is 2.15. The summed E-state index contributed by atoms with van der Waals surface area (Å²) >= 11 is 6.13. The van der Waals surface area contributed by atoms with E-state index in [1.54, 1.807) is 6.20 Å². The predicted octanol–water partition coefficient (Wildman–Crippen LogP) is 3.34. The number of halogens is 1. The van der Waals surface area contributed by atoms with Crippen LogP contribution >= 0.6 is 11.6 Å². The van der Waals surface area contributed by atoms with E-state index in [9.17, 15) is 0 Å². The fourth-order valence-corrected chi connectivity index (χ4v) is 2.52. The summed E-state index contributed by atoms with van der Waals surface area (Å²) in [4.78, 5) is 4.42. The Kier molecular flexibility index (Phi) is 3.35. The van der Waals surface area contributed by atoms with Crippen LogP contribution in [0, 0.1) is 5.92 Å². The monoisotopic (exact) mass is 262 g/mol. The van der Waals surface area contributed by atoms with Crippen molar-refractivity contribution in [3.8, 4) is 0 Å². The number of nitrogens with zero attached hydrogens (tertiary/aromatic N) is 1. The molecule has 1 aromatic carbocycles. The molecule has 0 aliphatic carbocycles. The molecule has 94 valence electrons. The lowest BCUT2D eigenvalue weighted by Crippen LogP contribution is -2.14. The lowest BCUT2D eigenvalue weighted by Gasteiger charge is -2.12. The van der Waals surface area contributed by atoms with Gasteiger partial charge in [0.05, 0.1) is 17.8 Å². The Hall–Kier alpha value is -1.32. The summed E-state index contributed by atoms with van der Waals surface area (Å²) in [6, 6.07) is 7.83. The minimum absolute atomic E-state index is 0.586. The van der Waals surface area contributed by atoms with E-state index in [1.165, 1.54) is 0 Å². The molecule has 3 rings (SSSR count). The van der Waals surface area contributed by atoms with Gasteiger partial charge in [0.25, 0.3) is 0 Å². The van der Waals surface area contributed by atoms with Gasteiger partial charge in [-0.15, -0.1) is 0 Å². The summed E-state index contributed by atoms with van der Waals surface area (Å²) in [5.74, 6) is 0.586. The second-order valence-electron chi connectivity index (χ2n) is 4.64. The summed E-state index contributed by atoms with van der Waals surface area (Å²) in [5.41, 5.74) is 1.98. The molecule has 1 aliphatic rings. The van der Waals surface area contributed by atoms with Gasteiger partial charge in [0.15, 0.2) is 0 Å². The number of pyridine rings is 1. The van der Waals surface area contributed by atoms with E-state index in [1.807, 2.05) is 24.3 Å². The third-order valence-electron chi connectivity index (χ3n) is 3.27. The molecule has 0 bridgehead atoms. The molecule has 3 nitrogen and oxygen atoms in total. The van der Waals surface area contributed by atoms with Crippen molar-refractivity contribution in [3.05, 3.63) is 35.5 Å². The molecule has 1 aliphatic heterocycles. The summed E-state index contributed by atoms with van der Waals surface area (Å²) in [5, 5.41) is 5.25. The molecule has 18 heavy (non-hydrogen) atoms. The molecular weight excluding hydrogens is 248 g/mol. The van der Waals surface area contributed by atoms with Gasteiger partial charge in [-0.3, -0.25) is 4.98 Å². The van der Waals surface area contributed by atoms with Crippen molar-refractivity contribution in [2.24, 2.45) is 5.92 Å². The molecule has 2 heterocycles. The van der Waals surface area contributed by atoms with Gasteiger partial charge in [0.1, 0.15) is 0 Å². The maximum atomic E-state index is 6.13. The van der Waals surface area contributed by atoms with E-state index >= 15 is 0 Å². The first-order valence-electron chi connectivity index (χ1n) is 6.19. The minimum Gasteiger partial charge on any atom is -0.383 e. The van der Waals surface area contributed by atoms with Gasteiger partial charge < -0.3 is 10.1 Å². The van der Waals surface area contributed by atoms with Gasteiger partial charge in [0.2, 0.25) is 0 Å². The van der Waals surface area contributed by atoms with E-state index in [0.29, 0.717) is 5.92 Å². The predicted molar refractivity (Wildman–Crippen MR) is 74.2 cm³/mol. The molecule has 0 spiro atoms. The number of hydrogen-bond acceptors (Lipinski definition) is 3. The summed E-state index contributed by atoms with van der Waals surface area (Å²) in [6.45, 7) is 2.63. The number of benzene rings is 1. The van der Waals surface area contributed by atoms with Crippen molar-refractivity contribution in [2.75, 3.05) is 25.1 Å². The van der Waals surface area contributed by atoms with Crippen molar-refractivity contribution in [1.82, 2.24) is 4.98 Å². The van der Waals surface area contributed by atoms with Crippen LogP contribution in [-0.2, 0) is 4.74 Å². The van der Waals surface area contributed by atoms with Crippen LogP contribution in [0.15, 0.2) is 30.5 Å². The molecule has 0 radical (unpaired) electrons. The Morgan fingerprint density at radius 2 is 2.39 bits per heavy atom. The Labute approximate surface area is 111 Å². The lowest BCUT2D eigenvalue weighted by molar-refractivity contribution is 0.187. The first-order valence-corrected chi connectivity index (χ1v) is 6.56. The molecule has 0 saturated carbocycles. The minimum atomic E-state index is 0.586. The van der Waals surface area contributed by atoms with Gasteiger partial charge in [0, 0.05) is 35.7 Å². The van der Waals surface area contributed by atoms with Crippen LogP contribution < -0.4 is 5.32 Å². The zero-order chi connectivity index (χ0) is 12.4. The largest absolute Gasteiger partial charge is 0.383 e. The molecule has 1 aromatic heterocycles. The van der Waals surface area contributed by atoms with Gasteiger partial charge in [-0.1, -0.05) is 17.7 Å². The van der Waals surface area contributed by atoms with E-state index in [2.05, 4.69) is 10.3 Å². The smallest absolute Gasteiger partial charge is 0.0934 e. The number of anilines is 1.